The van der Waals surface area contributed by atoms with E-state index in [1.165, 1.54) is 43.3 Å². The van der Waals surface area contributed by atoms with Crippen LogP contribution in [0, 0.1) is 17.0 Å². The molecule has 1 amide bonds. The lowest BCUT2D eigenvalue weighted by Crippen LogP contribution is -2.78. The number of quaternary nitrogens is 1. The van der Waals surface area contributed by atoms with Crippen molar-refractivity contribution in [2.24, 2.45) is 11.8 Å². The maximum atomic E-state index is 14.4. The molecule has 43 heavy (non-hydrogen) atoms. The summed E-state index contributed by atoms with van der Waals surface area (Å²) in [6, 6.07) is 8.61. The number of phenols is 1. The van der Waals surface area contributed by atoms with Crippen LogP contribution in [0.1, 0.15) is 51.7 Å². The minimum absolute atomic E-state index is 0.0791. The summed E-state index contributed by atoms with van der Waals surface area (Å²) in [5.41, 5.74) is -3.99. The molecule has 0 aromatic heterocycles. The van der Waals surface area contributed by atoms with Gasteiger partial charge < -0.3 is 30.4 Å². The Bertz CT molecular complexity index is 1660. The summed E-state index contributed by atoms with van der Waals surface area (Å²) in [6.07, 6.45) is 0.533. The molecule has 0 radical (unpaired) electrons. The van der Waals surface area contributed by atoms with E-state index >= 15 is 0 Å². The Labute approximate surface area is 245 Å². The number of aliphatic hydroxyl groups is 3. The average Bonchev–Trinajstić information content (AvgIpc) is 2.99. The molecule has 1 aliphatic carbocycles. The highest BCUT2D eigenvalue weighted by atomic mass is 17.0. The van der Waals surface area contributed by atoms with Crippen LogP contribution in [0.15, 0.2) is 65.6 Å². The van der Waals surface area contributed by atoms with Crippen molar-refractivity contribution in [3.8, 4) is 17.2 Å². The molecule has 13 nitrogen and oxygen atoms in total. The standard InChI is InChI=1S/C30H30N2O11/c1-5-14(3)23-28(38)32(41)30(15(4)6-2,29(39)31(23)40)42-20-13-17(9-12-19(20)43-32)22-26(36)24(34)21(25(35)27(22)37)16-7-10-18(33)11-8-16/h7-15,33-34,37-38,40H,5-6H2,1-4H3/t14-,15+,30+,32?/m0/s1. The zero-order valence-electron chi connectivity index (χ0n) is 23.7. The highest BCUT2D eigenvalue weighted by Crippen LogP contribution is 2.52. The van der Waals surface area contributed by atoms with Crippen molar-refractivity contribution >= 4 is 28.6 Å². The highest BCUT2D eigenvalue weighted by molar-refractivity contribution is 6.46. The van der Waals surface area contributed by atoms with Gasteiger partial charge in [0.25, 0.3) is 0 Å². The molecule has 2 aliphatic heterocycles. The lowest BCUT2D eigenvalue weighted by atomic mass is 9.86. The molecule has 3 aliphatic rings. The predicted molar refractivity (Wildman–Crippen MR) is 148 cm³/mol. The Kier molecular flexibility index (Phi) is 7.00. The third-order valence-electron chi connectivity index (χ3n) is 8.27. The first-order valence-electron chi connectivity index (χ1n) is 13.6. The molecule has 2 aromatic carbocycles. The molecule has 0 spiro atoms. The van der Waals surface area contributed by atoms with Crippen LogP contribution in [0.2, 0.25) is 0 Å². The SMILES string of the molecule is CC[C@@H](C)[C@]12Oc3cc(C4=C(O)C(=O)C(c5ccc(O)cc5)=C(O)C4=O)ccc3O[N+]1([O-])C(O)=C([C@@H](C)CC)N(O)C2=O. The fraction of sp³-hybridized carbons (Fsp3) is 0.300. The molecular weight excluding hydrogens is 564 g/mol. The number of hydrogen-bond acceptors (Lipinski definition) is 11. The van der Waals surface area contributed by atoms with Gasteiger partial charge in [0, 0.05) is 5.92 Å². The smallest absolute Gasteiger partial charge is 0.374 e. The van der Waals surface area contributed by atoms with E-state index in [-0.39, 0.29) is 45.6 Å². The Balaban J connectivity index is 1.64. The molecule has 4 atom stereocenters. The van der Waals surface area contributed by atoms with Crippen molar-refractivity contribution in [2.75, 3.05) is 0 Å². The third-order valence-corrected chi connectivity index (χ3v) is 8.27. The van der Waals surface area contributed by atoms with Gasteiger partial charge in [-0.25, -0.2) is 0 Å². The number of phenolic OH excluding ortho intramolecular Hbond substituents is 1. The Morgan fingerprint density at radius 2 is 1.42 bits per heavy atom. The van der Waals surface area contributed by atoms with Gasteiger partial charge in [0.2, 0.25) is 17.3 Å². The van der Waals surface area contributed by atoms with E-state index in [1.54, 1.807) is 20.8 Å². The summed E-state index contributed by atoms with van der Waals surface area (Å²) in [7, 11) is 0. The van der Waals surface area contributed by atoms with Crippen molar-refractivity contribution in [3.05, 3.63) is 81.9 Å². The Morgan fingerprint density at radius 1 is 0.860 bits per heavy atom. The molecule has 0 saturated carbocycles. The maximum Gasteiger partial charge on any atom is 0.374 e. The van der Waals surface area contributed by atoms with Crippen LogP contribution in [0.4, 0.5) is 0 Å². The number of aromatic hydroxyl groups is 1. The van der Waals surface area contributed by atoms with E-state index in [0.717, 1.165) is 6.07 Å². The number of Topliss-reactive ketones (excluding diaryl/α,β-unsaturated/α-hetero) is 2. The second-order valence-electron chi connectivity index (χ2n) is 10.7. The van der Waals surface area contributed by atoms with Gasteiger partial charge in [0.1, 0.15) is 5.75 Å². The van der Waals surface area contributed by atoms with Gasteiger partial charge in [0.05, 0.1) is 17.1 Å². The average molecular weight is 595 g/mol. The molecule has 226 valence electrons. The van der Waals surface area contributed by atoms with Gasteiger partial charge in [-0.2, -0.15) is 5.06 Å². The molecule has 0 saturated heterocycles. The number of benzene rings is 2. The second-order valence-corrected chi connectivity index (χ2v) is 10.7. The first-order chi connectivity index (χ1) is 20.2. The van der Waals surface area contributed by atoms with Crippen LogP contribution in [0.25, 0.3) is 11.1 Å². The topological polar surface area (TPSA) is 197 Å². The molecule has 2 aromatic rings. The van der Waals surface area contributed by atoms with Crippen molar-refractivity contribution < 1.29 is 54.4 Å². The molecule has 1 unspecified atom stereocenters. The van der Waals surface area contributed by atoms with Gasteiger partial charge >= 0.3 is 17.5 Å². The molecule has 5 rings (SSSR count). The monoisotopic (exact) mass is 594 g/mol. The number of carbonyl (C=O) groups is 3. The first kappa shape index (κ1) is 29.6. The number of rotatable bonds is 6. The molecule has 2 heterocycles. The van der Waals surface area contributed by atoms with Crippen molar-refractivity contribution in [2.45, 2.75) is 46.3 Å². The summed E-state index contributed by atoms with van der Waals surface area (Å²) in [6.45, 7) is 6.51. The van der Waals surface area contributed by atoms with E-state index in [4.69, 9.17) is 9.57 Å². The van der Waals surface area contributed by atoms with Gasteiger partial charge in [-0.1, -0.05) is 44.6 Å². The van der Waals surface area contributed by atoms with E-state index in [9.17, 15) is 45.2 Å². The lowest BCUT2D eigenvalue weighted by Gasteiger charge is -2.56. The third kappa shape index (κ3) is 4.00. The predicted octanol–water partition coefficient (Wildman–Crippen LogP) is 4.53. The first-order valence-corrected chi connectivity index (χ1v) is 13.6. The number of carbonyl (C=O) groups excluding carboxylic acids is 3. The Morgan fingerprint density at radius 3 is 1.98 bits per heavy atom. The number of hydrogen-bond donors (Lipinski definition) is 5. The molecular formula is C30H30N2O11. The normalized spacial score (nSPS) is 25.3. The van der Waals surface area contributed by atoms with E-state index in [2.05, 4.69) is 0 Å². The van der Waals surface area contributed by atoms with E-state index in [1.807, 2.05) is 0 Å². The zero-order valence-corrected chi connectivity index (χ0v) is 23.7. The Hall–Kier alpha value is -4.85. The molecule has 5 N–H and O–H groups in total. The fourth-order valence-corrected chi connectivity index (χ4v) is 5.47. The molecule has 0 fully saturated rings. The summed E-state index contributed by atoms with van der Waals surface area (Å²) < 4.78 is 6.04. The van der Waals surface area contributed by atoms with Gasteiger partial charge in [-0.15, -0.1) is 0 Å². The number of ketones is 2. The summed E-state index contributed by atoms with van der Waals surface area (Å²) in [4.78, 5) is 43.8. The van der Waals surface area contributed by atoms with E-state index in [0.29, 0.717) is 6.42 Å². The van der Waals surface area contributed by atoms with Crippen molar-refractivity contribution in [1.82, 2.24) is 5.06 Å². The molecule has 13 heteroatoms. The second kappa shape index (κ2) is 10.2. The van der Waals surface area contributed by atoms with Gasteiger partial charge in [-0.05, 0) is 54.3 Å². The number of hydroxylamine groups is 6. The largest absolute Gasteiger partial charge is 0.578 e. The van der Waals surface area contributed by atoms with Crippen molar-refractivity contribution in [1.29, 1.82) is 0 Å². The molecule has 0 bridgehead atoms. The number of allylic oxidation sites excluding steroid dienone is 3. The van der Waals surface area contributed by atoms with Crippen LogP contribution in [0.3, 0.4) is 0 Å². The van der Waals surface area contributed by atoms with Crippen LogP contribution < -0.4 is 9.57 Å². The number of ether oxygens (including phenoxy) is 1. The number of amides is 1. The zero-order chi connectivity index (χ0) is 31.6. The highest BCUT2D eigenvalue weighted by Gasteiger charge is 2.72. The summed E-state index contributed by atoms with van der Waals surface area (Å²) in [5, 5.41) is 67.7. The quantitative estimate of drug-likeness (QED) is 0.136. The van der Waals surface area contributed by atoms with Crippen LogP contribution >= 0.6 is 0 Å². The summed E-state index contributed by atoms with van der Waals surface area (Å²) >= 11 is 0. The number of nitrogens with zero attached hydrogens (tertiary/aromatic N) is 2. The van der Waals surface area contributed by atoms with Crippen LogP contribution in [-0.2, 0) is 14.4 Å². The number of fused-ring (bicyclic) bond motifs is 2. The van der Waals surface area contributed by atoms with Gasteiger partial charge in [0.15, 0.2) is 23.0 Å². The van der Waals surface area contributed by atoms with E-state index < -0.39 is 68.4 Å². The van der Waals surface area contributed by atoms with Crippen molar-refractivity contribution in [3.63, 3.8) is 0 Å². The minimum atomic E-state index is -2.56. The maximum absolute atomic E-state index is 14.4. The minimum Gasteiger partial charge on any atom is -0.578 e. The lowest BCUT2D eigenvalue weighted by molar-refractivity contribution is -1.08. The van der Waals surface area contributed by atoms with Crippen LogP contribution in [-0.4, -0.2) is 58.7 Å². The number of aliphatic hydroxyl groups excluding tert-OH is 3. The van der Waals surface area contributed by atoms with Crippen LogP contribution in [0.5, 0.6) is 17.2 Å². The van der Waals surface area contributed by atoms with Gasteiger partial charge in [-0.3, -0.25) is 24.4 Å². The summed E-state index contributed by atoms with van der Waals surface area (Å²) in [5.74, 6) is -8.45. The fourth-order valence-electron chi connectivity index (χ4n) is 5.47.